The minimum absolute atomic E-state index is 0.0301. The van der Waals surface area contributed by atoms with Crippen molar-refractivity contribution >= 4 is 11.9 Å². The average molecular weight is 294 g/mol. The Morgan fingerprint density at radius 3 is 2.71 bits per heavy atom. The summed E-state index contributed by atoms with van der Waals surface area (Å²) >= 11 is 0. The summed E-state index contributed by atoms with van der Waals surface area (Å²) in [5, 5.41) is 9.53. The summed E-state index contributed by atoms with van der Waals surface area (Å²) in [5.74, 6) is -1.01. The van der Waals surface area contributed by atoms with Gasteiger partial charge in [-0.2, -0.15) is 0 Å². The molecular formula is C14H18N2O5. The summed E-state index contributed by atoms with van der Waals surface area (Å²) in [7, 11) is 2.92. The first-order chi connectivity index (χ1) is 10.0. The molecule has 1 aromatic rings. The highest BCUT2D eigenvalue weighted by Crippen LogP contribution is 2.31. The van der Waals surface area contributed by atoms with Gasteiger partial charge in [0, 0.05) is 25.9 Å². The lowest BCUT2D eigenvalue weighted by molar-refractivity contribution is -0.151. The normalized spacial score (nSPS) is 21.3. The fraction of sp³-hybridized carbons (Fsp3) is 0.500. The van der Waals surface area contributed by atoms with E-state index < -0.39 is 11.5 Å². The van der Waals surface area contributed by atoms with Gasteiger partial charge in [-0.3, -0.25) is 4.79 Å². The molecule has 21 heavy (non-hydrogen) atoms. The summed E-state index contributed by atoms with van der Waals surface area (Å²) in [6.45, 7) is 0.359. The van der Waals surface area contributed by atoms with Gasteiger partial charge in [-0.25, -0.2) is 9.78 Å². The van der Waals surface area contributed by atoms with Gasteiger partial charge in [0.25, 0.3) is 5.91 Å². The summed E-state index contributed by atoms with van der Waals surface area (Å²) in [6, 6.07) is 3.15. The maximum absolute atomic E-state index is 12.6. The molecule has 1 aromatic heterocycles. The largest absolute Gasteiger partial charge is 0.481 e. The zero-order valence-corrected chi connectivity index (χ0v) is 12.0. The van der Waals surface area contributed by atoms with Crippen LogP contribution in [-0.2, 0) is 9.53 Å². The minimum Gasteiger partial charge on any atom is -0.481 e. The lowest BCUT2D eigenvalue weighted by atomic mass is 9.97. The average Bonchev–Trinajstić information content (AvgIpc) is 2.92. The number of pyridine rings is 1. The first-order valence-electron chi connectivity index (χ1n) is 6.59. The fourth-order valence-electron chi connectivity index (χ4n) is 2.63. The maximum Gasteiger partial charge on any atom is 0.332 e. The van der Waals surface area contributed by atoms with Crippen molar-refractivity contribution in [3.05, 3.63) is 23.9 Å². The summed E-state index contributed by atoms with van der Waals surface area (Å²) in [5.41, 5.74) is -0.967. The standard InChI is InChI=1S/C14H18N2O5/c1-20-9-14(13(18)19)6-3-7-16(14)12(17)10-4-5-11(21-2)15-8-10/h4-5,8H,3,6-7,9H2,1-2H3,(H,18,19). The quantitative estimate of drug-likeness (QED) is 0.864. The second kappa shape index (κ2) is 6.09. The second-order valence-corrected chi connectivity index (χ2v) is 4.92. The van der Waals surface area contributed by atoms with E-state index in [0.717, 1.165) is 0 Å². The molecule has 2 rings (SSSR count). The molecule has 2 heterocycles. The fourth-order valence-corrected chi connectivity index (χ4v) is 2.63. The van der Waals surface area contributed by atoms with Crippen LogP contribution >= 0.6 is 0 Å². The zero-order chi connectivity index (χ0) is 15.5. The van der Waals surface area contributed by atoms with Crippen molar-refractivity contribution in [3.8, 4) is 5.88 Å². The Bertz CT molecular complexity index is 531. The molecule has 7 heteroatoms. The van der Waals surface area contributed by atoms with Crippen LogP contribution in [-0.4, -0.2) is 59.8 Å². The van der Waals surface area contributed by atoms with Crippen LogP contribution in [0, 0.1) is 0 Å². The van der Waals surface area contributed by atoms with Crippen molar-refractivity contribution in [2.24, 2.45) is 0 Å². The van der Waals surface area contributed by atoms with Gasteiger partial charge in [0.05, 0.1) is 19.3 Å². The third-order valence-electron chi connectivity index (χ3n) is 3.71. The van der Waals surface area contributed by atoms with E-state index in [1.54, 1.807) is 12.1 Å². The van der Waals surface area contributed by atoms with E-state index in [1.807, 2.05) is 0 Å². The molecule has 1 unspecified atom stereocenters. The van der Waals surface area contributed by atoms with Crippen molar-refractivity contribution in [1.82, 2.24) is 9.88 Å². The Morgan fingerprint density at radius 2 is 2.19 bits per heavy atom. The highest BCUT2D eigenvalue weighted by molar-refractivity contribution is 5.98. The van der Waals surface area contributed by atoms with Crippen LogP contribution in [0.4, 0.5) is 0 Å². The highest BCUT2D eigenvalue weighted by atomic mass is 16.5. The third-order valence-corrected chi connectivity index (χ3v) is 3.71. The predicted molar refractivity (Wildman–Crippen MR) is 73.3 cm³/mol. The zero-order valence-electron chi connectivity index (χ0n) is 12.0. The maximum atomic E-state index is 12.6. The van der Waals surface area contributed by atoms with E-state index in [9.17, 15) is 14.7 Å². The van der Waals surface area contributed by atoms with Crippen molar-refractivity contribution in [2.45, 2.75) is 18.4 Å². The number of hydrogen-bond acceptors (Lipinski definition) is 5. The molecule has 1 fully saturated rings. The van der Waals surface area contributed by atoms with E-state index in [-0.39, 0.29) is 12.5 Å². The Balaban J connectivity index is 2.29. The summed E-state index contributed by atoms with van der Waals surface area (Å²) in [4.78, 5) is 29.6. The van der Waals surface area contributed by atoms with E-state index >= 15 is 0 Å². The van der Waals surface area contributed by atoms with Gasteiger partial charge in [-0.1, -0.05) is 0 Å². The van der Waals surface area contributed by atoms with Gasteiger partial charge >= 0.3 is 5.97 Å². The molecule has 0 bridgehead atoms. The molecule has 0 aromatic carbocycles. The van der Waals surface area contributed by atoms with Crippen molar-refractivity contribution in [3.63, 3.8) is 0 Å². The molecule has 1 atom stereocenters. The summed E-state index contributed by atoms with van der Waals surface area (Å²) in [6.07, 6.45) is 2.40. The van der Waals surface area contributed by atoms with Crippen LogP contribution in [0.1, 0.15) is 23.2 Å². The first kappa shape index (κ1) is 15.2. The van der Waals surface area contributed by atoms with E-state index in [2.05, 4.69) is 4.98 Å². The molecule has 1 N–H and O–H groups in total. The lowest BCUT2D eigenvalue weighted by Crippen LogP contribution is -2.56. The van der Waals surface area contributed by atoms with Gasteiger partial charge < -0.3 is 19.5 Å². The minimum atomic E-state index is -1.30. The summed E-state index contributed by atoms with van der Waals surface area (Å²) < 4.78 is 9.97. The van der Waals surface area contributed by atoms with Gasteiger partial charge in [-0.05, 0) is 18.9 Å². The monoisotopic (exact) mass is 294 g/mol. The second-order valence-electron chi connectivity index (χ2n) is 4.92. The highest BCUT2D eigenvalue weighted by Gasteiger charge is 2.50. The number of hydrogen-bond donors (Lipinski definition) is 1. The number of carbonyl (C=O) groups is 2. The number of aliphatic carboxylic acids is 1. The molecule has 1 aliphatic rings. The SMILES string of the molecule is COCC1(C(=O)O)CCCN1C(=O)c1ccc(OC)nc1. The molecule has 114 valence electrons. The number of nitrogens with zero attached hydrogens (tertiary/aromatic N) is 2. The molecule has 0 saturated carbocycles. The van der Waals surface area contributed by atoms with Crippen LogP contribution in [0.3, 0.4) is 0 Å². The number of ether oxygens (including phenoxy) is 2. The predicted octanol–water partition coefficient (Wildman–Crippen LogP) is 0.796. The molecule has 1 amide bonds. The van der Waals surface area contributed by atoms with Crippen molar-refractivity contribution in [1.29, 1.82) is 0 Å². The van der Waals surface area contributed by atoms with Crippen LogP contribution < -0.4 is 4.74 Å². The lowest BCUT2D eigenvalue weighted by Gasteiger charge is -2.34. The van der Waals surface area contributed by atoms with E-state index in [4.69, 9.17) is 9.47 Å². The molecule has 0 radical (unpaired) electrons. The van der Waals surface area contributed by atoms with Crippen LogP contribution in [0.15, 0.2) is 18.3 Å². The number of amides is 1. The number of likely N-dealkylation sites (tertiary alicyclic amines) is 1. The smallest absolute Gasteiger partial charge is 0.332 e. The molecule has 0 spiro atoms. The van der Waals surface area contributed by atoms with Crippen molar-refractivity contribution in [2.75, 3.05) is 27.4 Å². The third kappa shape index (κ3) is 2.69. The Hall–Kier alpha value is -2.15. The van der Waals surface area contributed by atoms with Crippen LogP contribution in [0.5, 0.6) is 5.88 Å². The van der Waals surface area contributed by atoms with E-state index in [0.29, 0.717) is 30.8 Å². The number of carbonyl (C=O) groups excluding carboxylic acids is 1. The molecule has 1 aliphatic heterocycles. The van der Waals surface area contributed by atoms with E-state index in [1.165, 1.54) is 25.3 Å². The first-order valence-corrected chi connectivity index (χ1v) is 6.59. The number of methoxy groups -OCH3 is 2. The van der Waals surface area contributed by atoms with Crippen LogP contribution in [0.2, 0.25) is 0 Å². The Labute approximate surface area is 122 Å². The topological polar surface area (TPSA) is 89.0 Å². The number of carboxylic acid groups (broad SMARTS) is 1. The number of aromatic nitrogens is 1. The number of rotatable bonds is 5. The molecular weight excluding hydrogens is 276 g/mol. The van der Waals surface area contributed by atoms with Gasteiger partial charge in [0.2, 0.25) is 5.88 Å². The molecule has 0 aliphatic carbocycles. The van der Waals surface area contributed by atoms with Gasteiger partial charge in [0.1, 0.15) is 0 Å². The van der Waals surface area contributed by atoms with Gasteiger partial charge in [0.15, 0.2) is 5.54 Å². The Kier molecular flexibility index (Phi) is 4.42. The molecule has 1 saturated heterocycles. The van der Waals surface area contributed by atoms with Gasteiger partial charge in [-0.15, -0.1) is 0 Å². The van der Waals surface area contributed by atoms with Crippen molar-refractivity contribution < 1.29 is 24.2 Å². The van der Waals surface area contributed by atoms with Crippen LogP contribution in [0.25, 0.3) is 0 Å². The Morgan fingerprint density at radius 1 is 1.43 bits per heavy atom. The molecule has 7 nitrogen and oxygen atoms in total. The number of carboxylic acids is 1.